The van der Waals surface area contributed by atoms with Gasteiger partial charge in [0, 0.05) is 65.2 Å². The molecule has 8 saturated heterocycles. The van der Waals surface area contributed by atoms with Crippen LogP contribution in [0.5, 0.6) is 17.2 Å². The number of para-hydroxylation sites is 2. The van der Waals surface area contributed by atoms with Crippen molar-refractivity contribution in [1.29, 1.82) is 0 Å². The summed E-state index contributed by atoms with van der Waals surface area (Å²) in [7, 11) is -8.76. The van der Waals surface area contributed by atoms with Crippen molar-refractivity contribution >= 4 is 56.3 Å². The van der Waals surface area contributed by atoms with Crippen LogP contribution in [0.15, 0.2) is 160 Å². The smallest absolute Gasteiger partial charge is 1.00 e. The number of alkyl halides is 4. The Hall–Kier alpha value is -9.03. The van der Waals surface area contributed by atoms with Crippen LogP contribution in [0.3, 0.4) is 0 Å². The van der Waals surface area contributed by atoms with Gasteiger partial charge >= 0.3 is 67.4 Å². The number of esters is 1. The van der Waals surface area contributed by atoms with Gasteiger partial charge in [-0.1, -0.05) is 61.5 Å². The number of H-pyrrole nitrogens is 4. The van der Waals surface area contributed by atoms with Gasteiger partial charge < -0.3 is 104 Å². The Morgan fingerprint density at radius 1 is 0.455 bits per heavy atom. The van der Waals surface area contributed by atoms with Gasteiger partial charge in [-0.3, -0.25) is 71.0 Å². The van der Waals surface area contributed by atoms with Crippen LogP contribution >= 0.6 is 27.2 Å². The normalized spacial score (nSPS) is 30.5. The fraction of sp³-hybridized carbons (Fsp3) is 0.475. The minimum absolute atomic E-state index is 0. The van der Waals surface area contributed by atoms with Crippen molar-refractivity contribution in [3.8, 4) is 17.2 Å². The number of halogens is 11. The van der Waals surface area contributed by atoms with E-state index in [4.69, 9.17) is 95.8 Å². The van der Waals surface area contributed by atoms with Gasteiger partial charge in [0.05, 0.1) is 18.8 Å². The number of rotatable bonds is 14. The summed E-state index contributed by atoms with van der Waals surface area (Å²) in [4.78, 5) is 114. The Labute approximate surface area is 778 Å². The summed E-state index contributed by atoms with van der Waals surface area (Å²) in [6, 6.07) is 23.3. The molecule has 728 valence electrons. The Kier molecular flexibility index (Phi) is 32.7. The molecule has 0 spiro atoms. The van der Waals surface area contributed by atoms with Gasteiger partial charge in [-0.2, -0.15) is 29.6 Å². The number of carbonyl (C=O) groups excluding carboxylic acids is 1. The van der Waals surface area contributed by atoms with E-state index in [1.807, 2.05) is 0 Å². The number of phosphoric acid groups is 2. The average Bonchev–Trinajstić information content (AvgIpc) is 1.62. The summed E-state index contributed by atoms with van der Waals surface area (Å²) in [5.41, 5.74) is -4.27. The second kappa shape index (κ2) is 40.9. The zero-order chi connectivity index (χ0) is 95.6. The van der Waals surface area contributed by atoms with Crippen LogP contribution in [0.4, 0.5) is 39.5 Å². The number of phosphoric ester groups is 2. The summed E-state index contributed by atoms with van der Waals surface area (Å²) < 4.78 is 257. The Morgan fingerprint density at radius 3 is 1.10 bits per heavy atom. The van der Waals surface area contributed by atoms with E-state index < -0.39 is 248 Å². The molecule has 6 N–H and O–H groups in total. The van der Waals surface area contributed by atoms with Crippen molar-refractivity contribution in [3.05, 3.63) is 262 Å². The van der Waals surface area contributed by atoms with Crippen molar-refractivity contribution in [2.75, 3.05) is 26.4 Å². The largest absolute Gasteiger partial charge is 2.00 e. The molecule has 4 aromatic carbocycles. The molecule has 0 bridgehead atoms. The molecule has 10 aliphatic heterocycles. The predicted octanol–water partition coefficient (Wildman–Crippen LogP) is 5.59. The molecule has 0 radical (unpaired) electrons. The van der Waals surface area contributed by atoms with Crippen LogP contribution < -0.4 is 71.0 Å². The molecule has 14 heterocycles. The third-order valence-electron chi connectivity index (χ3n) is 19.9. The molecular weight excluding hydrogens is 1910 g/mol. The Morgan fingerprint density at radius 2 is 0.761 bits per heavy atom. The number of aromatic nitrogens is 8. The van der Waals surface area contributed by atoms with Crippen molar-refractivity contribution in [2.24, 2.45) is 0 Å². The van der Waals surface area contributed by atoms with Crippen LogP contribution in [-0.2, 0) is 97.5 Å². The maximum Gasteiger partial charge on any atom is 2.00 e. The number of carbonyl (C=O) groups is 1. The van der Waals surface area contributed by atoms with E-state index in [0.29, 0.717) is 21.9 Å². The molecular formula is C80H87Cl2F9MgN8O32P2. The molecule has 18 rings (SSSR count). The van der Waals surface area contributed by atoms with Crippen molar-refractivity contribution in [1.82, 2.24) is 38.2 Å². The molecule has 54 heteroatoms. The second-order valence-corrected chi connectivity index (χ2v) is 35.9. The molecule has 2 unspecified atom stereocenters. The molecule has 0 amide bonds. The number of nitrogens with zero attached hydrogens (tertiary/aromatic N) is 4. The summed E-state index contributed by atoms with van der Waals surface area (Å²) in [5, 5.41) is 18.8. The van der Waals surface area contributed by atoms with Crippen molar-refractivity contribution < 1.29 is 165 Å². The van der Waals surface area contributed by atoms with Gasteiger partial charge in [-0.05, 0) is 85.7 Å². The maximum absolute atomic E-state index is 16.0. The molecule has 134 heavy (non-hydrogen) atoms. The zero-order valence-electron chi connectivity index (χ0n) is 71.4. The fourth-order valence-corrected chi connectivity index (χ4v) is 17.1. The van der Waals surface area contributed by atoms with E-state index >= 15 is 8.78 Å². The number of aliphatic hydroxyl groups excluding tert-OH is 2. The van der Waals surface area contributed by atoms with Gasteiger partial charge in [0.2, 0.25) is 34.8 Å². The summed E-state index contributed by atoms with van der Waals surface area (Å²) in [6.45, 7) is 15.0. The first-order chi connectivity index (χ1) is 61.2. The number of ether oxygens (including phenoxy) is 13. The van der Waals surface area contributed by atoms with Crippen LogP contribution in [0.1, 0.15) is 130 Å². The van der Waals surface area contributed by atoms with E-state index in [1.54, 1.807) is 104 Å². The zero-order valence-corrected chi connectivity index (χ0v) is 76.1. The average molecular weight is 2000 g/mol. The standard InChI is InChI=1S/C19H18ClFN2O7.C19H20FN2O9P.C13H6F5O4P.2C12H15FN2O6.C4H9.CH4.ClH.Mg/c1-18(2)28-13-14(29-18)19(21,9-27-16(25)10-4-3-5-11(20)8-10)30-15(13)23-7-6-12(24)22-17(23)26;1-18(2)28-14-15(29-18)19(20,30-16(14)22-8-7-13(23)21-17(22)24)10-27-32(25)26-9-11-5-3-4-6-12(11)31-32;14-8-9(15)11(17)13(12(18)10(8)16)22-23(19)20-5-6-3-1-2-4-7(6)21-23;2*1-11(2)19-7-8(20-11)12(13,5-16)21-9(7)15-4-3-6(17)14-10(15)18;1-4(2)3;;;/h3-8,13-15H,9H2,1-2H3,(H,22,24,26);3-8,14-16H,9-10H2,1-2H3,(H,21,23,24);1-4H,5H2;2*3-4,7-9,16H,5H2,1-2H3,(H,14,17,18);1-3H3;1H4;1H;/q;;;;;-1;;;+2/p-1/t13-,14+,15-,19-;14-,15+,16-,19-,32?;;2*7-,8+,9-,12-;;;;/m11.11..../s1. The first kappa shape index (κ1) is 107. The van der Waals surface area contributed by atoms with Crippen molar-refractivity contribution in [2.45, 2.75) is 217 Å². The number of aliphatic hydroxyl groups is 2. The third-order valence-corrected chi connectivity index (χ3v) is 22.7. The number of hydrogen-bond acceptors (Lipinski definition) is 32. The number of hydrogen-bond donors (Lipinski definition) is 6. The molecule has 8 aromatic rings. The molecule has 4 aromatic heterocycles. The van der Waals surface area contributed by atoms with Gasteiger partial charge in [-0.25, -0.2) is 63.8 Å². The molecule has 0 aliphatic carbocycles. The van der Waals surface area contributed by atoms with Gasteiger partial charge in [-0.15, -0.1) is 0 Å². The Bertz CT molecular complexity index is 6110. The second-order valence-electron chi connectivity index (χ2n) is 32.3. The number of nitrogens with one attached hydrogen (secondary N) is 4. The molecule has 0 saturated carbocycles. The minimum Gasteiger partial charge on any atom is -1.00 e. The van der Waals surface area contributed by atoms with Crippen LogP contribution in [-0.4, -0.2) is 199 Å². The summed E-state index contributed by atoms with van der Waals surface area (Å²) in [6.07, 6.45) is -9.07. The monoisotopic (exact) mass is 2000 g/mol. The molecule has 8 fully saturated rings. The predicted molar refractivity (Wildman–Crippen MR) is 437 cm³/mol. The van der Waals surface area contributed by atoms with Gasteiger partial charge in [0.15, 0.2) is 79.1 Å². The van der Waals surface area contributed by atoms with Gasteiger partial charge in [0.25, 0.3) is 45.7 Å². The SMILES string of the molecule is C.CC1(C)O[C@H]2[C@H](n3ccc(=O)[nH]c3=O)O[C@](F)(CO)[C@H]2O1.CC1(C)O[C@H]2[C@H](n3ccc(=O)[nH]c3=O)O[C@](F)(CO)[C@H]2O1.CC1(C)O[C@H]2[C@H](n3ccc(=O)[nH]c3=O)O[C@](F)(COC(=O)c3cccc(Cl)c3)[C@H]2O1.CC1(C)O[C@H]2[C@H](n3ccc(=O)[nH]c3=O)O[C@](F)(COP3(=O)OCc4ccccc4O3)[C@H]2O1.C[C-](C)C.O=P1(Oc2c(F)c(F)c(F)c(F)c2F)OCc2ccccc2O1.[Cl-].[Mg+2]. The topological polar surface area (TPSA) is 486 Å². The quantitative estimate of drug-likeness (QED) is 0.0147. The maximum atomic E-state index is 16.0. The molecule has 18 atom stereocenters. The first-order valence-electron chi connectivity index (χ1n) is 39.2. The number of aromatic amines is 4. The first-order valence-corrected chi connectivity index (χ1v) is 42.5. The molecule has 40 nitrogen and oxygen atoms in total. The number of benzene rings is 4. The van der Waals surface area contributed by atoms with Gasteiger partial charge in [0.1, 0.15) is 55.7 Å². The summed E-state index contributed by atoms with van der Waals surface area (Å²) >= 11 is 5.86. The Balaban J connectivity index is 0.000000172. The van der Waals surface area contributed by atoms with Crippen LogP contribution in [0, 0.1) is 35.0 Å². The van der Waals surface area contributed by atoms with E-state index in [0.717, 1.165) is 48.7 Å². The van der Waals surface area contributed by atoms with E-state index in [1.165, 1.54) is 48.8 Å². The third kappa shape index (κ3) is 23.2. The summed E-state index contributed by atoms with van der Waals surface area (Å²) in [5.74, 6) is -26.9. The minimum atomic E-state index is -4.61. The fourth-order valence-electron chi connectivity index (χ4n) is 14.5. The number of fused-ring (bicyclic) bond motifs is 6. The van der Waals surface area contributed by atoms with E-state index in [2.05, 4.69) is 45.2 Å². The van der Waals surface area contributed by atoms with Crippen LogP contribution in [0.2, 0.25) is 5.02 Å². The molecule has 10 aliphatic rings. The van der Waals surface area contributed by atoms with E-state index in [9.17, 15) is 93.2 Å². The van der Waals surface area contributed by atoms with Crippen LogP contribution in [0.25, 0.3) is 0 Å². The van der Waals surface area contributed by atoms with Crippen molar-refractivity contribution in [3.63, 3.8) is 0 Å². The van der Waals surface area contributed by atoms with E-state index in [-0.39, 0.29) is 67.4 Å².